The Morgan fingerprint density at radius 1 is 1.10 bits per heavy atom. The molecule has 8 heteroatoms. The lowest BCUT2D eigenvalue weighted by molar-refractivity contribution is -0.140. The third-order valence-corrected chi connectivity index (χ3v) is 6.42. The zero-order chi connectivity index (χ0) is 22.6. The van der Waals surface area contributed by atoms with Crippen LogP contribution in [0.3, 0.4) is 0 Å². The molecule has 0 spiro atoms. The maximum Gasteiger partial charge on any atom is 0.243 e. The molecule has 1 atom stereocenters. The highest BCUT2D eigenvalue weighted by Crippen LogP contribution is 2.21. The second-order valence-corrected chi connectivity index (χ2v) is 8.92. The van der Waals surface area contributed by atoms with E-state index in [0.717, 1.165) is 44.9 Å². The summed E-state index contributed by atoms with van der Waals surface area (Å²) >= 11 is 0. The van der Waals surface area contributed by atoms with Crippen molar-refractivity contribution in [3.8, 4) is 0 Å². The Morgan fingerprint density at radius 3 is 2.35 bits per heavy atom. The minimum atomic E-state index is -0.00490. The van der Waals surface area contributed by atoms with E-state index in [4.69, 9.17) is 4.74 Å². The highest BCUT2D eigenvalue weighted by molar-refractivity contribution is 5.85. The van der Waals surface area contributed by atoms with Gasteiger partial charge >= 0.3 is 0 Å². The molecular formula is C23H43N5O3. The van der Waals surface area contributed by atoms with Crippen LogP contribution in [0.25, 0.3) is 0 Å². The van der Waals surface area contributed by atoms with Crippen LogP contribution in [0.15, 0.2) is 4.99 Å². The minimum absolute atomic E-state index is 0.00490. The van der Waals surface area contributed by atoms with Gasteiger partial charge in [0.05, 0.1) is 13.2 Å². The number of morpholine rings is 1. The molecule has 0 aromatic heterocycles. The minimum Gasteiger partial charge on any atom is -0.378 e. The third kappa shape index (κ3) is 8.31. The van der Waals surface area contributed by atoms with Gasteiger partial charge in [-0.2, -0.15) is 0 Å². The van der Waals surface area contributed by atoms with Gasteiger partial charge in [-0.3, -0.25) is 9.59 Å². The Balaban J connectivity index is 1.95. The molecule has 31 heavy (non-hydrogen) atoms. The van der Waals surface area contributed by atoms with Crippen LogP contribution in [0, 0.1) is 11.8 Å². The van der Waals surface area contributed by atoms with Crippen LogP contribution in [-0.2, 0) is 14.3 Å². The number of piperidine rings is 1. The maximum absolute atomic E-state index is 12.8. The van der Waals surface area contributed by atoms with Crippen LogP contribution in [0.2, 0.25) is 0 Å². The molecule has 8 nitrogen and oxygen atoms in total. The van der Waals surface area contributed by atoms with E-state index in [0.29, 0.717) is 32.2 Å². The molecule has 2 saturated heterocycles. The number of carbonyl (C=O) groups is 2. The van der Waals surface area contributed by atoms with Gasteiger partial charge in [0.15, 0.2) is 5.96 Å². The number of unbranched alkanes of at least 4 members (excludes halogenated alkanes) is 1. The second-order valence-electron chi connectivity index (χ2n) is 8.92. The number of likely N-dealkylation sites (N-methyl/N-ethyl adjacent to an activating group) is 1. The molecule has 1 N–H and O–H groups in total. The number of nitrogens with zero attached hydrogens (tertiary/aromatic N) is 4. The molecule has 2 aliphatic rings. The summed E-state index contributed by atoms with van der Waals surface area (Å²) in [6.45, 7) is 9.74. The monoisotopic (exact) mass is 437 g/mol. The Morgan fingerprint density at radius 2 is 1.77 bits per heavy atom. The summed E-state index contributed by atoms with van der Waals surface area (Å²) in [5.41, 5.74) is 0. The number of hydrogen-bond acceptors (Lipinski definition) is 4. The van der Waals surface area contributed by atoms with E-state index < -0.39 is 0 Å². The van der Waals surface area contributed by atoms with Crippen molar-refractivity contribution >= 4 is 17.8 Å². The summed E-state index contributed by atoms with van der Waals surface area (Å²) in [4.78, 5) is 35.3. The van der Waals surface area contributed by atoms with E-state index in [1.807, 2.05) is 4.90 Å². The van der Waals surface area contributed by atoms with Gasteiger partial charge in [0.25, 0.3) is 0 Å². The summed E-state index contributed by atoms with van der Waals surface area (Å²) in [5.74, 6) is 1.75. The summed E-state index contributed by atoms with van der Waals surface area (Å²) in [6, 6.07) is 0. The van der Waals surface area contributed by atoms with Crippen molar-refractivity contribution < 1.29 is 14.3 Å². The molecule has 0 aromatic carbocycles. The predicted molar refractivity (Wildman–Crippen MR) is 124 cm³/mol. The maximum atomic E-state index is 12.8. The van der Waals surface area contributed by atoms with Crippen LogP contribution < -0.4 is 5.32 Å². The van der Waals surface area contributed by atoms with Crippen LogP contribution >= 0.6 is 0 Å². The molecule has 2 aliphatic heterocycles. The predicted octanol–water partition coefficient (Wildman–Crippen LogP) is 1.81. The fraction of sp³-hybridized carbons (Fsp3) is 0.870. The van der Waals surface area contributed by atoms with E-state index >= 15 is 0 Å². The van der Waals surface area contributed by atoms with E-state index in [-0.39, 0.29) is 24.3 Å². The van der Waals surface area contributed by atoms with Crippen molar-refractivity contribution in [1.82, 2.24) is 20.0 Å². The molecule has 2 heterocycles. The van der Waals surface area contributed by atoms with Crippen molar-refractivity contribution in [2.45, 2.75) is 52.4 Å². The van der Waals surface area contributed by atoms with Crippen molar-refractivity contribution in [3.05, 3.63) is 0 Å². The lowest BCUT2D eigenvalue weighted by Gasteiger charge is -2.37. The molecular weight excluding hydrogens is 394 g/mol. The normalized spacial score (nSPS) is 19.3. The summed E-state index contributed by atoms with van der Waals surface area (Å²) in [6.07, 6.45) is 6.43. The van der Waals surface area contributed by atoms with Crippen molar-refractivity contribution in [2.75, 3.05) is 66.6 Å². The SMILES string of the molecule is CCCCC(CC)CNC(=NCC(=O)N(C)C)N1CCC(C(=O)N2CCOCC2)CC1. The van der Waals surface area contributed by atoms with E-state index in [9.17, 15) is 9.59 Å². The van der Waals surface area contributed by atoms with Gasteiger partial charge in [0, 0.05) is 52.7 Å². The molecule has 0 aromatic rings. The third-order valence-electron chi connectivity index (χ3n) is 6.42. The number of ether oxygens (including phenoxy) is 1. The van der Waals surface area contributed by atoms with E-state index in [1.54, 1.807) is 19.0 Å². The molecule has 2 fully saturated rings. The van der Waals surface area contributed by atoms with Crippen LogP contribution in [0.5, 0.6) is 0 Å². The summed E-state index contributed by atoms with van der Waals surface area (Å²) in [5, 5.41) is 3.54. The number of hydrogen-bond donors (Lipinski definition) is 1. The van der Waals surface area contributed by atoms with Gasteiger partial charge < -0.3 is 24.8 Å². The van der Waals surface area contributed by atoms with Crippen molar-refractivity contribution in [3.63, 3.8) is 0 Å². The number of rotatable bonds is 9. The van der Waals surface area contributed by atoms with Crippen LogP contribution in [-0.4, -0.2) is 99.1 Å². The molecule has 1 unspecified atom stereocenters. The molecule has 2 amide bonds. The lowest BCUT2D eigenvalue weighted by Crippen LogP contribution is -2.50. The van der Waals surface area contributed by atoms with Crippen LogP contribution in [0.4, 0.5) is 0 Å². The van der Waals surface area contributed by atoms with Gasteiger partial charge in [0.1, 0.15) is 6.54 Å². The van der Waals surface area contributed by atoms with Gasteiger partial charge in [-0.15, -0.1) is 0 Å². The average molecular weight is 438 g/mol. The zero-order valence-electron chi connectivity index (χ0n) is 20.1. The lowest BCUT2D eigenvalue weighted by atomic mass is 9.95. The zero-order valence-corrected chi connectivity index (χ0v) is 20.1. The van der Waals surface area contributed by atoms with E-state index in [2.05, 4.69) is 29.1 Å². The number of guanidine groups is 1. The van der Waals surface area contributed by atoms with E-state index in [1.165, 1.54) is 19.3 Å². The Labute approximate surface area is 188 Å². The Bertz CT molecular complexity index is 582. The highest BCUT2D eigenvalue weighted by atomic mass is 16.5. The first kappa shape index (κ1) is 25.4. The quantitative estimate of drug-likeness (QED) is 0.440. The first-order valence-electron chi connectivity index (χ1n) is 12.1. The number of aliphatic imine (C=N–C) groups is 1. The summed E-state index contributed by atoms with van der Waals surface area (Å²) < 4.78 is 5.37. The largest absolute Gasteiger partial charge is 0.378 e. The number of carbonyl (C=O) groups excluding carboxylic acids is 2. The molecule has 178 valence electrons. The molecule has 0 radical (unpaired) electrons. The second kappa shape index (κ2) is 13.6. The summed E-state index contributed by atoms with van der Waals surface area (Å²) in [7, 11) is 3.51. The average Bonchev–Trinajstić information content (AvgIpc) is 2.81. The standard InChI is InChI=1S/C23H43N5O3/c1-5-7-8-19(6-2)17-24-23(25-18-21(29)26(3)4)28-11-9-20(10-12-28)22(30)27-13-15-31-16-14-27/h19-20H,5-18H2,1-4H3,(H,24,25). The smallest absolute Gasteiger partial charge is 0.243 e. The van der Waals surface area contributed by atoms with Gasteiger partial charge in [0.2, 0.25) is 11.8 Å². The fourth-order valence-electron chi connectivity index (χ4n) is 4.11. The fourth-order valence-corrected chi connectivity index (χ4v) is 4.11. The van der Waals surface area contributed by atoms with Gasteiger partial charge in [-0.05, 0) is 25.2 Å². The highest BCUT2D eigenvalue weighted by Gasteiger charge is 2.30. The van der Waals surface area contributed by atoms with Gasteiger partial charge in [-0.1, -0.05) is 33.1 Å². The number of likely N-dealkylation sites (tertiary alicyclic amines) is 1. The molecule has 0 bridgehead atoms. The first-order chi connectivity index (χ1) is 15.0. The van der Waals surface area contributed by atoms with Crippen molar-refractivity contribution in [1.29, 1.82) is 0 Å². The topological polar surface area (TPSA) is 77.5 Å². The molecule has 2 rings (SSSR count). The molecule has 0 aliphatic carbocycles. The Hall–Kier alpha value is -1.83. The number of nitrogens with one attached hydrogen (secondary N) is 1. The first-order valence-corrected chi connectivity index (χ1v) is 12.1. The van der Waals surface area contributed by atoms with Crippen LogP contribution in [0.1, 0.15) is 52.4 Å². The van der Waals surface area contributed by atoms with Gasteiger partial charge in [-0.25, -0.2) is 4.99 Å². The Kier molecular flexibility index (Phi) is 11.1. The number of amides is 2. The molecule has 0 saturated carbocycles. The van der Waals surface area contributed by atoms with Crippen molar-refractivity contribution in [2.24, 2.45) is 16.8 Å².